The van der Waals surface area contributed by atoms with Crippen LogP contribution in [0.4, 0.5) is 0 Å². The van der Waals surface area contributed by atoms with Gasteiger partial charge >= 0.3 is 0 Å². The topological polar surface area (TPSA) is 50.3 Å². The van der Waals surface area contributed by atoms with E-state index in [4.69, 9.17) is 11.6 Å². The maximum atomic E-state index is 12.0. The van der Waals surface area contributed by atoms with E-state index in [2.05, 4.69) is 4.98 Å². The molecule has 2 heterocycles. The minimum Gasteiger partial charge on any atom is -0.341 e. The molecule has 2 aromatic rings. The molecule has 0 fully saturated rings. The van der Waals surface area contributed by atoms with Gasteiger partial charge in [0, 0.05) is 38.8 Å². The molecule has 0 aliphatic heterocycles. The Morgan fingerprint density at radius 1 is 1.29 bits per heavy atom. The normalized spacial score (nSPS) is 10.4. The molecule has 0 aromatic carbocycles. The van der Waals surface area contributed by atoms with Crippen LogP contribution in [-0.2, 0) is 11.3 Å². The van der Waals surface area contributed by atoms with Gasteiger partial charge in [-0.05, 0) is 23.8 Å². The Hall–Kier alpha value is -1.72. The Bertz CT molecular complexity index is 628. The van der Waals surface area contributed by atoms with Gasteiger partial charge in [0.05, 0.1) is 9.21 Å². The van der Waals surface area contributed by atoms with Crippen LogP contribution in [0.15, 0.2) is 36.7 Å². The summed E-state index contributed by atoms with van der Waals surface area (Å²) in [7, 11) is 1.72. The van der Waals surface area contributed by atoms with Gasteiger partial charge in [0.1, 0.15) is 0 Å². The monoisotopic (exact) mass is 322 g/mol. The van der Waals surface area contributed by atoms with Crippen LogP contribution < -0.4 is 0 Å². The number of rotatable bonds is 6. The number of pyridine rings is 1. The molecule has 0 N–H and O–H groups in total. The lowest BCUT2D eigenvalue weighted by atomic mass is 10.1. The molecular formula is C15H15ClN2O2S. The lowest BCUT2D eigenvalue weighted by Gasteiger charge is -2.16. The van der Waals surface area contributed by atoms with E-state index in [0.29, 0.717) is 15.8 Å². The Labute approximate surface area is 132 Å². The Morgan fingerprint density at radius 2 is 2.10 bits per heavy atom. The van der Waals surface area contributed by atoms with E-state index < -0.39 is 0 Å². The first-order chi connectivity index (χ1) is 10.1. The van der Waals surface area contributed by atoms with Crippen molar-refractivity contribution < 1.29 is 9.59 Å². The molecule has 0 unspecified atom stereocenters. The summed E-state index contributed by atoms with van der Waals surface area (Å²) in [5.74, 6) is -0.107. The first-order valence-electron chi connectivity index (χ1n) is 6.47. The van der Waals surface area contributed by atoms with Crippen molar-refractivity contribution in [2.45, 2.75) is 19.4 Å². The van der Waals surface area contributed by atoms with Crippen molar-refractivity contribution in [1.82, 2.24) is 9.88 Å². The summed E-state index contributed by atoms with van der Waals surface area (Å²) in [6.07, 6.45) is 3.82. The van der Waals surface area contributed by atoms with E-state index >= 15 is 0 Å². The third-order valence-electron chi connectivity index (χ3n) is 2.98. The predicted octanol–water partition coefficient (Wildman–Crippen LogP) is 3.42. The van der Waals surface area contributed by atoms with E-state index in [0.717, 1.165) is 5.56 Å². The Kier molecular flexibility index (Phi) is 5.47. The minimum absolute atomic E-state index is 0.0463. The van der Waals surface area contributed by atoms with Gasteiger partial charge in [0.15, 0.2) is 5.78 Å². The zero-order valence-corrected chi connectivity index (χ0v) is 13.2. The molecule has 2 aromatic heterocycles. The highest BCUT2D eigenvalue weighted by atomic mass is 35.5. The molecule has 0 saturated heterocycles. The molecule has 0 aliphatic rings. The summed E-state index contributed by atoms with van der Waals surface area (Å²) in [6.45, 7) is 0.492. The van der Waals surface area contributed by atoms with Crippen molar-refractivity contribution in [3.63, 3.8) is 0 Å². The second kappa shape index (κ2) is 7.33. The molecule has 0 atom stereocenters. The molecule has 0 spiro atoms. The highest BCUT2D eigenvalue weighted by Gasteiger charge is 2.14. The molecule has 1 amide bonds. The second-order valence-electron chi connectivity index (χ2n) is 4.64. The fraction of sp³-hybridized carbons (Fsp3) is 0.267. The van der Waals surface area contributed by atoms with E-state index in [1.54, 1.807) is 36.5 Å². The highest BCUT2D eigenvalue weighted by molar-refractivity contribution is 7.18. The fourth-order valence-corrected chi connectivity index (χ4v) is 2.86. The first-order valence-corrected chi connectivity index (χ1v) is 7.67. The predicted molar refractivity (Wildman–Crippen MR) is 83.6 cm³/mol. The second-order valence-corrected chi connectivity index (χ2v) is 6.35. The smallest absolute Gasteiger partial charge is 0.223 e. The molecule has 2 rings (SSSR count). The molecule has 0 bridgehead atoms. The van der Waals surface area contributed by atoms with E-state index in [-0.39, 0.29) is 24.5 Å². The van der Waals surface area contributed by atoms with Crippen molar-refractivity contribution in [1.29, 1.82) is 0 Å². The molecule has 0 aliphatic carbocycles. The molecule has 110 valence electrons. The SMILES string of the molecule is CN(Cc1cccnc1)C(=O)CCC(=O)c1ccc(Cl)s1. The molecule has 0 radical (unpaired) electrons. The number of hydrogen-bond acceptors (Lipinski definition) is 4. The fourth-order valence-electron chi connectivity index (χ4n) is 1.85. The largest absolute Gasteiger partial charge is 0.341 e. The standard InChI is InChI=1S/C15H15ClN2O2S/c1-18(10-11-3-2-8-17-9-11)15(20)7-4-12(19)13-5-6-14(16)21-13/h2-3,5-6,8-9H,4,7,10H2,1H3. The lowest BCUT2D eigenvalue weighted by molar-refractivity contribution is -0.130. The number of carbonyl (C=O) groups is 2. The molecular weight excluding hydrogens is 308 g/mol. The summed E-state index contributed by atoms with van der Waals surface area (Å²) < 4.78 is 0.582. The van der Waals surface area contributed by atoms with Gasteiger partial charge in [-0.2, -0.15) is 0 Å². The summed E-state index contributed by atoms with van der Waals surface area (Å²) >= 11 is 7.03. The van der Waals surface area contributed by atoms with E-state index in [9.17, 15) is 9.59 Å². The van der Waals surface area contributed by atoms with Crippen LogP contribution in [0.3, 0.4) is 0 Å². The van der Waals surface area contributed by atoms with Gasteiger partial charge in [-0.1, -0.05) is 17.7 Å². The molecule has 4 nitrogen and oxygen atoms in total. The zero-order chi connectivity index (χ0) is 15.2. The number of Topliss-reactive ketones (excluding diaryl/α,β-unsaturated/α-hetero) is 1. The van der Waals surface area contributed by atoms with Gasteiger partial charge in [-0.15, -0.1) is 11.3 Å². The van der Waals surface area contributed by atoms with Gasteiger partial charge in [0.25, 0.3) is 0 Å². The van der Waals surface area contributed by atoms with Crippen molar-refractivity contribution in [3.05, 3.63) is 51.4 Å². The third-order valence-corrected chi connectivity index (χ3v) is 4.25. The summed E-state index contributed by atoms with van der Waals surface area (Å²) in [5, 5.41) is 0. The Morgan fingerprint density at radius 3 is 2.71 bits per heavy atom. The number of nitrogens with zero attached hydrogens (tertiary/aromatic N) is 2. The summed E-state index contributed by atoms with van der Waals surface area (Å²) in [4.78, 5) is 30.1. The van der Waals surface area contributed by atoms with Crippen LogP contribution in [0.2, 0.25) is 4.34 Å². The van der Waals surface area contributed by atoms with Gasteiger partial charge in [-0.3, -0.25) is 14.6 Å². The maximum Gasteiger partial charge on any atom is 0.223 e. The molecule has 0 saturated carbocycles. The van der Waals surface area contributed by atoms with Gasteiger partial charge < -0.3 is 4.90 Å². The van der Waals surface area contributed by atoms with Crippen molar-refractivity contribution in [2.75, 3.05) is 7.05 Å². The van der Waals surface area contributed by atoms with Crippen LogP contribution in [0.25, 0.3) is 0 Å². The van der Waals surface area contributed by atoms with Crippen LogP contribution in [-0.4, -0.2) is 28.6 Å². The maximum absolute atomic E-state index is 12.0. The number of halogens is 1. The third kappa shape index (κ3) is 4.65. The number of carbonyl (C=O) groups excluding carboxylic acids is 2. The molecule has 6 heteroatoms. The van der Waals surface area contributed by atoms with Crippen molar-refractivity contribution in [3.8, 4) is 0 Å². The highest BCUT2D eigenvalue weighted by Crippen LogP contribution is 2.23. The average molecular weight is 323 g/mol. The average Bonchev–Trinajstić information content (AvgIpc) is 2.92. The number of hydrogen-bond donors (Lipinski definition) is 0. The number of aromatic nitrogens is 1. The number of thiophene rings is 1. The van der Waals surface area contributed by atoms with E-state index in [1.165, 1.54) is 11.3 Å². The van der Waals surface area contributed by atoms with Crippen molar-refractivity contribution >= 4 is 34.6 Å². The first kappa shape index (κ1) is 15.7. The van der Waals surface area contributed by atoms with Crippen molar-refractivity contribution in [2.24, 2.45) is 0 Å². The zero-order valence-electron chi connectivity index (χ0n) is 11.6. The van der Waals surface area contributed by atoms with Gasteiger partial charge in [-0.25, -0.2) is 0 Å². The number of amides is 1. The van der Waals surface area contributed by atoms with Crippen LogP contribution >= 0.6 is 22.9 Å². The molecule has 21 heavy (non-hydrogen) atoms. The van der Waals surface area contributed by atoms with Crippen LogP contribution in [0, 0.1) is 0 Å². The van der Waals surface area contributed by atoms with E-state index in [1.807, 2.05) is 12.1 Å². The summed E-state index contributed by atoms with van der Waals surface area (Å²) in [5.41, 5.74) is 0.963. The summed E-state index contributed by atoms with van der Waals surface area (Å²) in [6, 6.07) is 7.13. The lowest BCUT2D eigenvalue weighted by Crippen LogP contribution is -2.26. The number of ketones is 1. The van der Waals surface area contributed by atoms with Crippen LogP contribution in [0.1, 0.15) is 28.1 Å². The minimum atomic E-state index is -0.0603. The van der Waals surface area contributed by atoms with Crippen LogP contribution in [0.5, 0.6) is 0 Å². The quantitative estimate of drug-likeness (QED) is 0.766. The van der Waals surface area contributed by atoms with Gasteiger partial charge in [0.2, 0.25) is 5.91 Å². The Balaban J connectivity index is 1.82.